The molecule has 0 heterocycles. The van der Waals surface area contributed by atoms with E-state index < -0.39 is 6.09 Å². The van der Waals surface area contributed by atoms with Crippen LogP contribution in [0.1, 0.15) is 45.4 Å². The Morgan fingerprint density at radius 3 is 2.62 bits per heavy atom. The summed E-state index contributed by atoms with van der Waals surface area (Å²) >= 11 is 0. The Morgan fingerprint density at radius 2 is 2.06 bits per heavy atom. The van der Waals surface area contributed by atoms with Crippen molar-refractivity contribution in [1.29, 1.82) is 0 Å². The molecule has 5 heteroatoms. The van der Waals surface area contributed by atoms with Crippen LogP contribution in [0.4, 0.5) is 4.79 Å². The molecule has 5 nitrogen and oxygen atoms in total. The fraction of sp³-hybridized carbons (Fsp3) is 0.909. The van der Waals surface area contributed by atoms with E-state index in [9.17, 15) is 4.79 Å². The zero-order chi connectivity index (χ0) is 11.8. The molecule has 16 heavy (non-hydrogen) atoms. The molecule has 3 N–H and O–H groups in total. The van der Waals surface area contributed by atoms with Crippen molar-refractivity contribution in [3.8, 4) is 0 Å². The minimum atomic E-state index is -1.03. The molecule has 1 fully saturated rings. The van der Waals surface area contributed by atoms with Crippen molar-refractivity contribution in [2.45, 2.75) is 57.6 Å². The lowest BCUT2D eigenvalue weighted by Gasteiger charge is -2.28. The van der Waals surface area contributed by atoms with Gasteiger partial charge in [-0.25, -0.2) is 10.2 Å². The van der Waals surface area contributed by atoms with Crippen LogP contribution in [0.25, 0.3) is 0 Å². The van der Waals surface area contributed by atoms with Crippen molar-refractivity contribution >= 4 is 6.09 Å². The summed E-state index contributed by atoms with van der Waals surface area (Å²) in [4.78, 5) is 10.3. The van der Waals surface area contributed by atoms with Gasteiger partial charge in [0.1, 0.15) is 0 Å². The van der Waals surface area contributed by atoms with E-state index >= 15 is 0 Å². The predicted octanol–water partition coefficient (Wildman–Crippen LogP) is 1.89. The topological polar surface area (TPSA) is 70.6 Å². The lowest BCUT2D eigenvalue weighted by Crippen LogP contribution is -2.45. The lowest BCUT2D eigenvalue weighted by atomic mass is 9.93. The lowest BCUT2D eigenvalue weighted by molar-refractivity contribution is 0.0201. The van der Waals surface area contributed by atoms with Crippen LogP contribution in [0, 0.1) is 0 Å². The van der Waals surface area contributed by atoms with Crippen molar-refractivity contribution in [3.63, 3.8) is 0 Å². The molecule has 0 bridgehead atoms. The number of unbranched alkanes of at least 4 members (excludes halogenated alkanes) is 1. The first kappa shape index (κ1) is 13.3. The summed E-state index contributed by atoms with van der Waals surface area (Å²) in [5.74, 6) is 0. The summed E-state index contributed by atoms with van der Waals surface area (Å²) in [6.07, 6.45) is 5.60. The summed E-state index contributed by atoms with van der Waals surface area (Å²) in [7, 11) is 0. The zero-order valence-corrected chi connectivity index (χ0v) is 9.87. The predicted molar refractivity (Wildman–Crippen MR) is 61.2 cm³/mol. The van der Waals surface area contributed by atoms with Crippen LogP contribution in [-0.2, 0) is 4.74 Å². The first-order valence-corrected chi connectivity index (χ1v) is 6.08. The second-order valence-corrected chi connectivity index (χ2v) is 4.27. The van der Waals surface area contributed by atoms with Crippen molar-refractivity contribution in [1.82, 2.24) is 10.9 Å². The summed E-state index contributed by atoms with van der Waals surface area (Å²) in [5.41, 5.74) is 5.01. The molecule has 0 radical (unpaired) electrons. The minimum Gasteiger partial charge on any atom is -0.464 e. The molecular weight excluding hydrogens is 208 g/mol. The monoisotopic (exact) mass is 230 g/mol. The van der Waals surface area contributed by atoms with Crippen LogP contribution in [-0.4, -0.2) is 30.0 Å². The average Bonchev–Trinajstić information content (AvgIpc) is 2.28. The van der Waals surface area contributed by atoms with Crippen molar-refractivity contribution in [3.05, 3.63) is 0 Å². The van der Waals surface area contributed by atoms with Crippen LogP contribution in [0.5, 0.6) is 0 Å². The SMILES string of the molecule is CCCCOC1CCC(NNC(=O)O)CC1. The van der Waals surface area contributed by atoms with E-state index in [0.29, 0.717) is 6.10 Å². The number of rotatable bonds is 6. The third kappa shape index (κ3) is 5.32. The number of ether oxygens (including phenoxy) is 1. The molecule has 1 rings (SSSR count). The highest BCUT2D eigenvalue weighted by Gasteiger charge is 2.21. The normalized spacial score (nSPS) is 25.3. The molecule has 94 valence electrons. The van der Waals surface area contributed by atoms with Gasteiger partial charge in [-0.3, -0.25) is 5.43 Å². The summed E-state index contributed by atoms with van der Waals surface area (Å²) in [5, 5.41) is 8.44. The number of carbonyl (C=O) groups is 1. The van der Waals surface area contributed by atoms with Gasteiger partial charge >= 0.3 is 6.09 Å². The highest BCUT2D eigenvalue weighted by atomic mass is 16.5. The molecule has 0 unspecified atom stereocenters. The highest BCUT2D eigenvalue weighted by Crippen LogP contribution is 2.21. The largest absolute Gasteiger partial charge is 0.464 e. The van der Waals surface area contributed by atoms with Gasteiger partial charge in [0.15, 0.2) is 0 Å². The van der Waals surface area contributed by atoms with Crippen LogP contribution in [0.2, 0.25) is 0 Å². The first-order chi connectivity index (χ1) is 7.72. The molecular formula is C11H22N2O3. The number of hydrogen-bond donors (Lipinski definition) is 3. The van der Waals surface area contributed by atoms with Crippen molar-refractivity contribution in [2.75, 3.05) is 6.61 Å². The molecule has 1 aliphatic carbocycles. The number of hydrazine groups is 1. The number of amides is 1. The maximum Gasteiger partial charge on any atom is 0.419 e. The van der Waals surface area contributed by atoms with Gasteiger partial charge in [0, 0.05) is 12.6 Å². The van der Waals surface area contributed by atoms with Gasteiger partial charge in [-0.15, -0.1) is 0 Å². The van der Waals surface area contributed by atoms with Crippen LogP contribution in [0.15, 0.2) is 0 Å². The molecule has 0 saturated heterocycles. The Kier molecular flexibility index (Phi) is 6.18. The van der Waals surface area contributed by atoms with Gasteiger partial charge in [0.05, 0.1) is 6.10 Å². The Balaban J connectivity index is 2.06. The van der Waals surface area contributed by atoms with E-state index in [1.165, 1.54) is 6.42 Å². The Hall–Kier alpha value is -0.810. The fourth-order valence-corrected chi connectivity index (χ4v) is 1.93. The van der Waals surface area contributed by atoms with Crippen LogP contribution >= 0.6 is 0 Å². The fourth-order valence-electron chi connectivity index (χ4n) is 1.93. The van der Waals surface area contributed by atoms with E-state index in [4.69, 9.17) is 9.84 Å². The summed E-state index contributed by atoms with van der Waals surface area (Å²) in [6, 6.07) is 0.252. The standard InChI is InChI=1S/C11H22N2O3/c1-2-3-8-16-10-6-4-9(5-7-10)12-13-11(14)15/h9-10,12-13H,2-8H2,1H3,(H,14,15). The minimum absolute atomic E-state index is 0.252. The maximum atomic E-state index is 10.3. The van der Waals surface area contributed by atoms with E-state index in [1.807, 2.05) is 0 Å². The second kappa shape index (κ2) is 7.46. The van der Waals surface area contributed by atoms with Crippen molar-refractivity contribution in [2.24, 2.45) is 0 Å². The molecule has 0 aliphatic heterocycles. The van der Waals surface area contributed by atoms with Gasteiger partial charge < -0.3 is 9.84 Å². The molecule has 0 atom stereocenters. The van der Waals surface area contributed by atoms with Gasteiger partial charge in [-0.05, 0) is 32.1 Å². The quantitative estimate of drug-likeness (QED) is 0.481. The summed E-state index contributed by atoms with van der Waals surface area (Å²) < 4.78 is 5.73. The average molecular weight is 230 g/mol. The Morgan fingerprint density at radius 1 is 1.38 bits per heavy atom. The highest BCUT2D eigenvalue weighted by molar-refractivity contribution is 5.63. The molecule has 0 spiro atoms. The van der Waals surface area contributed by atoms with Gasteiger partial charge in [-0.2, -0.15) is 0 Å². The van der Waals surface area contributed by atoms with E-state index in [0.717, 1.165) is 38.7 Å². The van der Waals surface area contributed by atoms with E-state index in [-0.39, 0.29) is 6.04 Å². The number of hydrogen-bond acceptors (Lipinski definition) is 3. The van der Waals surface area contributed by atoms with Gasteiger partial charge in [0.2, 0.25) is 0 Å². The third-order valence-corrected chi connectivity index (χ3v) is 2.91. The molecule has 0 aromatic carbocycles. The van der Waals surface area contributed by atoms with Gasteiger partial charge in [0.25, 0.3) is 0 Å². The molecule has 1 saturated carbocycles. The smallest absolute Gasteiger partial charge is 0.419 e. The van der Waals surface area contributed by atoms with Crippen LogP contribution < -0.4 is 10.9 Å². The first-order valence-electron chi connectivity index (χ1n) is 6.08. The van der Waals surface area contributed by atoms with E-state index in [2.05, 4.69) is 17.8 Å². The second-order valence-electron chi connectivity index (χ2n) is 4.27. The number of nitrogens with one attached hydrogen (secondary N) is 2. The van der Waals surface area contributed by atoms with E-state index in [1.54, 1.807) is 0 Å². The van der Waals surface area contributed by atoms with Crippen molar-refractivity contribution < 1.29 is 14.6 Å². The van der Waals surface area contributed by atoms with Crippen LogP contribution in [0.3, 0.4) is 0 Å². The molecule has 0 aromatic heterocycles. The zero-order valence-electron chi connectivity index (χ0n) is 9.87. The molecule has 1 aliphatic rings. The number of carboxylic acid groups (broad SMARTS) is 1. The summed E-state index contributed by atoms with van der Waals surface area (Å²) in [6.45, 7) is 3.01. The van der Waals surface area contributed by atoms with Gasteiger partial charge in [-0.1, -0.05) is 13.3 Å². The molecule has 0 aromatic rings. The maximum absolute atomic E-state index is 10.3. The molecule has 1 amide bonds. The Bertz CT molecular complexity index is 203. The third-order valence-electron chi connectivity index (χ3n) is 2.91. The Labute approximate surface area is 96.5 Å².